The van der Waals surface area contributed by atoms with Crippen molar-refractivity contribution < 1.29 is 4.42 Å². The van der Waals surface area contributed by atoms with Gasteiger partial charge in [-0.25, -0.2) is 4.98 Å². The number of nitrogens with one attached hydrogen (secondary N) is 1. The third-order valence-corrected chi connectivity index (χ3v) is 3.81. The Morgan fingerprint density at radius 2 is 2.14 bits per heavy atom. The van der Waals surface area contributed by atoms with E-state index in [4.69, 9.17) is 16.0 Å². The first-order valence-electron chi connectivity index (χ1n) is 7.49. The predicted octanol–water partition coefficient (Wildman–Crippen LogP) is 4.48. The molecule has 0 unspecified atom stereocenters. The van der Waals surface area contributed by atoms with E-state index in [2.05, 4.69) is 24.1 Å². The van der Waals surface area contributed by atoms with E-state index in [1.165, 1.54) is 0 Å². The summed E-state index contributed by atoms with van der Waals surface area (Å²) in [6.45, 7) is 8.44. The van der Waals surface area contributed by atoms with Crippen LogP contribution in [-0.2, 0) is 6.42 Å². The Bertz CT molecular complexity index is 578. The number of aryl methyl sites for hydroxylation is 2. The molecule has 114 valence electrons. The van der Waals surface area contributed by atoms with Crippen LogP contribution >= 0.6 is 11.6 Å². The molecule has 0 amide bonds. The first-order chi connectivity index (χ1) is 10.1. The zero-order valence-corrected chi connectivity index (χ0v) is 13.7. The van der Waals surface area contributed by atoms with Crippen LogP contribution in [0.1, 0.15) is 31.7 Å². The molecule has 0 aliphatic rings. The zero-order chi connectivity index (χ0) is 15.2. The van der Waals surface area contributed by atoms with Gasteiger partial charge in [0.2, 0.25) is 0 Å². The topological polar surface area (TPSA) is 38.1 Å². The maximum absolute atomic E-state index is 6.31. The maximum Gasteiger partial charge on any atom is 0.194 e. The highest BCUT2D eigenvalue weighted by molar-refractivity contribution is 6.33. The fourth-order valence-electron chi connectivity index (χ4n) is 2.14. The van der Waals surface area contributed by atoms with Gasteiger partial charge in [-0.15, -0.1) is 0 Å². The van der Waals surface area contributed by atoms with Crippen LogP contribution in [0.5, 0.6) is 0 Å². The molecular formula is C17H23ClN2O. The molecule has 1 heterocycles. The fraction of sp³-hybridized carbons (Fsp3) is 0.471. The van der Waals surface area contributed by atoms with Gasteiger partial charge in [-0.3, -0.25) is 0 Å². The highest BCUT2D eigenvalue weighted by atomic mass is 35.5. The molecule has 3 nitrogen and oxygen atoms in total. The van der Waals surface area contributed by atoms with Crippen molar-refractivity contribution in [2.24, 2.45) is 5.92 Å². The second kappa shape index (κ2) is 7.62. The average molecular weight is 307 g/mol. The molecule has 2 rings (SSSR count). The molecule has 1 aromatic carbocycles. The van der Waals surface area contributed by atoms with Gasteiger partial charge in [0, 0.05) is 12.0 Å². The number of nitrogens with zero attached hydrogens (tertiary/aromatic N) is 1. The number of hydrogen-bond donors (Lipinski definition) is 1. The monoisotopic (exact) mass is 306 g/mol. The van der Waals surface area contributed by atoms with Crippen molar-refractivity contribution in [1.82, 2.24) is 10.3 Å². The lowest BCUT2D eigenvalue weighted by Gasteiger charge is -2.06. The van der Waals surface area contributed by atoms with Crippen LogP contribution in [0.3, 0.4) is 0 Å². The Balaban J connectivity index is 1.91. The van der Waals surface area contributed by atoms with Gasteiger partial charge in [0.25, 0.3) is 0 Å². The Morgan fingerprint density at radius 3 is 2.90 bits per heavy atom. The lowest BCUT2D eigenvalue weighted by atomic mass is 10.1. The van der Waals surface area contributed by atoms with Crippen molar-refractivity contribution in [3.05, 3.63) is 40.9 Å². The van der Waals surface area contributed by atoms with E-state index >= 15 is 0 Å². The summed E-state index contributed by atoms with van der Waals surface area (Å²) in [5.74, 6) is 2.20. The van der Waals surface area contributed by atoms with Gasteiger partial charge in [-0.1, -0.05) is 37.6 Å². The molecule has 21 heavy (non-hydrogen) atoms. The second-order valence-corrected chi connectivity index (χ2v) is 6.13. The van der Waals surface area contributed by atoms with E-state index in [-0.39, 0.29) is 0 Å². The van der Waals surface area contributed by atoms with Gasteiger partial charge in [0.05, 0.1) is 11.2 Å². The summed E-state index contributed by atoms with van der Waals surface area (Å²) in [4.78, 5) is 4.34. The Hall–Kier alpha value is -1.32. The summed E-state index contributed by atoms with van der Waals surface area (Å²) >= 11 is 6.31. The van der Waals surface area contributed by atoms with Gasteiger partial charge in [-0.2, -0.15) is 0 Å². The summed E-state index contributed by atoms with van der Waals surface area (Å²) in [7, 11) is 0. The van der Waals surface area contributed by atoms with E-state index in [0.29, 0.717) is 5.92 Å². The van der Waals surface area contributed by atoms with Crippen LogP contribution in [0.4, 0.5) is 0 Å². The van der Waals surface area contributed by atoms with Gasteiger partial charge >= 0.3 is 0 Å². The summed E-state index contributed by atoms with van der Waals surface area (Å²) in [5, 5.41) is 4.15. The Kier molecular flexibility index (Phi) is 5.83. The molecule has 0 radical (unpaired) electrons. The van der Waals surface area contributed by atoms with E-state index in [0.717, 1.165) is 53.7 Å². The second-order valence-electron chi connectivity index (χ2n) is 5.76. The molecular weight excluding hydrogens is 284 g/mol. The van der Waals surface area contributed by atoms with Crippen molar-refractivity contribution >= 4 is 11.6 Å². The fourth-order valence-corrected chi connectivity index (χ4v) is 2.36. The molecule has 0 saturated heterocycles. The number of aromatic nitrogens is 1. The molecule has 0 spiro atoms. The first kappa shape index (κ1) is 16.1. The largest absolute Gasteiger partial charge is 0.441 e. The van der Waals surface area contributed by atoms with Gasteiger partial charge in [0.15, 0.2) is 11.7 Å². The third-order valence-electron chi connectivity index (χ3n) is 3.31. The van der Waals surface area contributed by atoms with Crippen molar-refractivity contribution in [3.63, 3.8) is 0 Å². The van der Waals surface area contributed by atoms with Crippen LogP contribution in [-0.4, -0.2) is 18.1 Å². The molecule has 0 bridgehead atoms. The quantitative estimate of drug-likeness (QED) is 0.766. The van der Waals surface area contributed by atoms with Crippen molar-refractivity contribution in [1.29, 1.82) is 0 Å². The maximum atomic E-state index is 6.31. The standard InChI is InChI=1S/C17H23ClN2O/c1-12(2)10-19-9-5-8-16-20-11-15(21-16)14-7-4-6-13(3)17(14)18/h4,6-7,11-12,19H,5,8-10H2,1-3H3. The highest BCUT2D eigenvalue weighted by Gasteiger charge is 2.11. The molecule has 0 fully saturated rings. The van der Waals surface area contributed by atoms with Crippen molar-refractivity contribution in [2.75, 3.05) is 13.1 Å². The SMILES string of the molecule is Cc1cccc(-c2cnc(CCCNCC(C)C)o2)c1Cl. The lowest BCUT2D eigenvalue weighted by molar-refractivity contribution is 0.483. The van der Waals surface area contributed by atoms with Crippen LogP contribution in [0.15, 0.2) is 28.8 Å². The normalized spacial score (nSPS) is 11.3. The zero-order valence-electron chi connectivity index (χ0n) is 12.9. The van der Waals surface area contributed by atoms with Gasteiger partial charge in [-0.05, 0) is 44.0 Å². The Morgan fingerprint density at radius 1 is 1.33 bits per heavy atom. The van der Waals surface area contributed by atoms with Gasteiger partial charge < -0.3 is 9.73 Å². The van der Waals surface area contributed by atoms with Crippen LogP contribution in [0, 0.1) is 12.8 Å². The molecule has 4 heteroatoms. The number of oxazole rings is 1. The number of halogens is 1. The van der Waals surface area contributed by atoms with Crippen LogP contribution < -0.4 is 5.32 Å². The van der Waals surface area contributed by atoms with E-state index in [1.54, 1.807) is 6.20 Å². The molecule has 2 aromatic rings. The Labute approximate surface area is 131 Å². The van der Waals surface area contributed by atoms with Crippen molar-refractivity contribution in [2.45, 2.75) is 33.6 Å². The minimum Gasteiger partial charge on any atom is -0.441 e. The highest BCUT2D eigenvalue weighted by Crippen LogP contribution is 2.30. The molecule has 0 saturated carbocycles. The molecule has 0 atom stereocenters. The number of rotatable bonds is 7. The number of hydrogen-bond acceptors (Lipinski definition) is 3. The summed E-state index contributed by atoms with van der Waals surface area (Å²) < 4.78 is 5.81. The van der Waals surface area contributed by atoms with E-state index in [1.807, 2.05) is 25.1 Å². The first-order valence-corrected chi connectivity index (χ1v) is 7.86. The predicted molar refractivity (Wildman–Crippen MR) is 87.7 cm³/mol. The van der Waals surface area contributed by atoms with E-state index in [9.17, 15) is 0 Å². The summed E-state index contributed by atoms with van der Waals surface area (Å²) in [5.41, 5.74) is 1.96. The number of benzene rings is 1. The third kappa shape index (κ3) is 4.58. The summed E-state index contributed by atoms with van der Waals surface area (Å²) in [6, 6.07) is 5.93. The molecule has 1 N–H and O–H groups in total. The minimum atomic E-state index is 0.682. The lowest BCUT2D eigenvalue weighted by Crippen LogP contribution is -2.21. The average Bonchev–Trinajstić information content (AvgIpc) is 2.90. The minimum absolute atomic E-state index is 0.682. The molecule has 0 aliphatic carbocycles. The van der Waals surface area contributed by atoms with Crippen LogP contribution in [0.2, 0.25) is 5.02 Å². The molecule has 1 aromatic heterocycles. The van der Waals surface area contributed by atoms with Gasteiger partial charge in [0.1, 0.15) is 0 Å². The van der Waals surface area contributed by atoms with E-state index < -0.39 is 0 Å². The summed E-state index contributed by atoms with van der Waals surface area (Å²) in [6.07, 6.45) is 3.63. The smallest absolute Gasteiger partial charge is 0.194 e. The molecule has 0 aliphatic heterocycles. The van der Waals surface area contributed by atoms with Crippen LogP contribution in [0.25, 0.3) is 11.3 Å². The van der Waals surface area contributed by atoms with Crippen molar-refractivity contribution in [3.8, 4) is 11.3 Å².